The van der Waals surface area contributed by atoms with E-state index in [9.17, 15) is 4.79 Å². The third-order valence-electron chi connectivity index (χ3n) is 3.61. The molecule has 0 spiro atoms. The van der Waals surface area contributed by atoms with Gasteiger partial charge in [0, 0.05) is 19.0 Å². The molecule has 1 aromatic heterocycles. The minimum atomic E-state index is -0.312. The minimum absolute atomic E-state index is 0.312. The summed E-state index contributed by atoms with van der Waals surface area (Å²) < 4.78 is 4.72. The summed E-state index contributed by atoms with van der Waals surface area (Å²) in [7, 11) is 1.39. The van der Waals surface area contributed by atoms with Gasteiger partial charge in [0.05, 0.1) is 13.3 Å². The molecule has 0 radical (unpaired) electrons. The van der Waals surface area contributed by atoms with E-state index in [1.807, 2.05) is 6.07 Å². The van der Waals surface area contributed by atoms with Crippen LogP contribution in [0.15, 0.2) is 36.5 Å². The molecule has 1 aromatic carbocycles. The van der Waals surface area contributed by atoms with Crippen molar-refractivity contribution in [3.8, 4) is 0 Å². The molecule has 1 aliphatic heterocycles. The molecule has 3 rings (SSSR count). The number of carbonyl (C=O) groups excluding carboxylic acids is 1. The number of anilines is 1. The van der Waals surface area contributed by atoms with Crippen LogP contribution < -0.4 is 4.90 Å². The first-order valence-corrected chi connectivity index (χ1v) is 7.43. The molecule has 0 saturated carbocycles. The summed E-state index contributed by atoms with van der Waals surface area (Å²) in [6.45, 7) is 1.94. The van der Waals surface area contributed by atoms with Gasteiger partial charge in [-0.1, -0.05) is 41.7 Å². The van der Waals surface area contributed by atoms with E-state index in [0.29, 0.717) is 10.8 Å². The van der Waals surface area contributed by atoms with E-state index >= 15 is 0 Å². The van der Waals surface area contributed by atoms with E-state index < -0.39 is 0 Å². The van der Waals surface area contributed by atoms with Crippen LogP contribution in [0.1, 0.15) is 27.6 Å². The van der Waals surface area contributed by atoms with E-state index in [1.165, 1.54) is 24.0 Å². The smallest absolute Gasteiger partial charge is 0.349 e. The first-order valence-electron chi connectivity index (χ1n) is 6.62. The van der Waals surface area contributed by atoms with Crippen molar-refractivity contribution in [1.29, 1.82) is 0 Å². The lowest BCUT2D eigenvalue weighted by molar-refractivity contribution is 0.0606. The lowest BCUT2D eigenvalue weighted by Crippen LogP contribution is -2.18. The Morgan fingerprint density at radius 3 is 2.95 bits per heavy atom. The number of carbonyl (C=O) groups is 1. The van der Waals surface area contributed by atoms with Gasteiger partial charge in [-0.15, -0.1) is 0 Å². The van der Waals surface area contributed by atoms with Crippen molar-refractivity contribution < 1.29 is 9.53 Å². The van der Waals surface area contributed by atoms with Gasteiger partial charge in [-0.05, 0) is 12.0 Å². The normalized spacial score (nSPS) is 18.2. The number of esters is 1. The summed E-state index contributed by atoms with van der Waals surface area (Å²) in [5.74, 6) is 0.231. The van der Waals surface area contributed by atoms with Crippen molar-refractivity contribution >= 4 is 22.4 Å². The molecule has 0 amide bonds. The second-order valence-corrected chi connectivity index (χ2v) is 5.85. The Kier molecular flexibility index (Phi) is 3.69. The molecule has 0 bridgehead atoms. The number of nitrogens with zero attached hydrogens (tertiary/aromatic N) is 2. The van der Waals surface area contributed by atoms with Gasteiger partial charge < -0.3 is 9.64 Å². The number of ether oxygens (including phenoxy) is 1. The quantitative estimate of drug-likeness (QED) is 0.814. The summed E-state index contributed by atoms with van der Waals surface area (Å²) in [6, 6.07) is 10.6. The highest BCUT2D eigenvalue weighted by molar-refractivity contribution is 7.17. The molecule has 4 nitrogen and oxygen atoms in total. The van der Waals surface area contributed by atoms with Crippen molar-refractivity contribution in [2.24, 2.45) is 0 Å². The Morgan fingerprint density at radius 1 is 1.40 bits per heavy atom. The van der Waals surface area contributed by atoms with Gasteiger partial charge in [-0.2, -0.15) is 0 Å². The molecule has 1 fully saturated rings. The van der Waals surface area contributed by atoms with E-state index in [1.54, 1.807) is 6.20 Å². The molecular weight excluding hydrogens is 272 g/mol. The maximum atomic E-state index is 11.5. The van der Waals surface area contributed by atoms with E-state index in [2.05, 4.69) is 34.1 Å². The van der Waals surface area contributed by atoms with Crippen LogP contribution in [0.3, 0.4) is 0 Å². The molecule has 0 N–H and O–H groups in total. The maximum absolute atomic E-state index is 11.5. The van der Waals surface area contributed by atoms with Crippen LogP contribution in [-0.4, -0.2) is 31.2 Å². The Morgan fingerprint density at radius 2 is 2.20 bits per heavy atom. The number of aromatic nitrogens is 1. The minimum Gasteiger partial charge on any atom is -0.465 e. The van der Waals surface area contributed by atoms with Crippen molar-refractivity contribution in [2.45, 2.75) is 12.3 Å². The predicted molar refractivity (Wildman–Crippen MR) is 79.5 cm³/mol. The zero-order valence-corrected chi connectivity index (χ0v) is 12.1. The van der Waals surface area contributed by atoms with E-state index in [0.717, 1.165) is 24.6 Å². The molecule has 1 saturated heterocycles. The summed E-state index contributed by atoms with van der Waals surface area (Å²) in [6.07, 6.45) is 2.72. The summed E-state index contributed by atoms with van der Waals surface area (Å²) in [5, 5.41) is 0.906. The fraction of sp³-hybridized carbons (Fsp3) is 0.333. The molecule has 2 aromatic rings. The highest BCUT2D eigenvalue weighted by Crippen LogP contribution is 2.32. The molecule has 1 aliphatic rings. The van der Waals surface area contributed by atoms with Crippen LogP contribution in [0, 0.1) is 0 Å². The number of hydrogen-bond acceptors (Lipinski definition) is 5. The number of methoxy groups -OCH3 is 1. The van der Waals surface area contributed by atoms with Crippen LogP contribution in [0.4, 0.5) is 5.13 Å². The van der Waals surface area contributed by atoms with Gasteiger partial charge in [-0.25, -0.2) is 9.78 Å². The third kappa shape index (κ3) is 2.54. The fourth-order valence-electron chi connectivity index (χ4n) is 2.54. The molecule has 1 unspecified atom stereocenters. The van der Waals surface area contributed by atoms with Crippen LogP contribution in [-0.2, 0) is 4.74 Å². The van der Waals surface area contributed by atoms with Crippen molar-refractivity contribution in [3.63, 3.8) is 0 Å². The average Bonchev–Trinajstić information content (AvgIpc) is 3.16. The summed E-state index contributed by atoms with van der Waals surface area (Å²) in [4.78, 5) is 18.6. The molecule has 104 valence electrons. The average molecular weight is 288 g/mol. The number of thiazole rings is 1. The lowest BCUT2D eigenvalue weighted by Gasteiger charge is -2.14. The van der Waals surface area contributed by atoms with Crippen molar-refractivity contribution in [2.75, 3.05) is 25.1 Å². The Balaban J connectivity index is 1.71. The molecule has 0 aliphatic carbocycles. The molecule has 1 atom stereocenters. The monoisotopic (exact) mass is 288 g/mol. The Labute approximate surface area is 122 Å². The zero-order chi connectivity index (χ0) is 13.9. The number of rotatable bonds is 3. The first-order chi connectivity index (χ1) is 9.78. The van der Waals surface area contributed by atoms with Crippen molar-refractivity contribution in [3.05, 3.63) is 47.0 Å². The van der Waals surface area contributed by atoms with Crippen molar-refractivity contribution in [1.82, 2.24) is 4.98 Å². The number of hydrogen-bond donors (Lipinski definition) is 0. The van der Waals surface area contributed by atoms with Crippen LogP contribution >= 0.6 is 11.3 Å². The van der Waals surface area contributed by atoms with E-state index in [4.69, 9.17) is 4.74 Å². The summed E-state index contributed by atoms with van der Waals surface area (Å²) >= 11 is 1.40. The summed E-state index contributed by atoms with van der Waals surface area (Å²) in [5.41, 5.74) is 1.37. The zero-order valence-electron chi connectivity index (χ0n) is 11.3. The van der Waals surface area contributed by atoms with Gasteiger partial charge in [0.2, 0.25) is 0 Å². The SMILES string of the molecule is COC(=O)c1cnc(N2CCC(c3ccccc3)C2)s1. The highest BCUT2D eigenvalue weighted by atomic mass is 32.1. The first kappa shape index (κ1) is 13.1. The Hall–Kier alpha value is -1.88. The number of benzene rings is 1. The van der Waals surface area contributed by atoms with Crippen LogP contribution in [0.5, 0.6) is 0 Å². The largest absolute Gasteiger partial charge is 0.465 e. The van der Waals surface area contributed by atoms with Gasteiger partial charge in [0.1, 0.15) is 4.88 Å². The van der Waals surface area contributed by atoms with Crippen LogP contribution in [0.25, 0.3) is 0 Å². The molecule has 20 heavy (non-hydrogen) atoms. The second kappa shape index (κ2) is 5.63. The third-order valence-corrected chi connectivity index (χ3v) is 4.65. The molecule has 2 heterocycles. The Bertz CT molecular complexity index is 597. The van der Waals surface area contributed by atoms with Gasteiger partial charge in [0.15, 0.2) is 5.13 Å². The van der Waals surface area contributed by atoms with Crippen LogP contribution in [0.2, 0.25) is 0 Å². The fourth-order valence-corrected chi connectivity index (χ4v) is 3.41. The predicted octanol–water partition coefficient (Wildman–Crippen LogP) is 2.92. The molecule has 5 heteroatoms. The second-order valence-electron chi connectivity index (χ2n) is 4.84. The van der Waals surface area contributed by atoms with Gasteiger partial charge in [0.25, 0.3) is 0 Å². The standard InChI is InChI=1S/C15H16N2O2S/c1-19-14(18)13-9-16-15(20-13)17-8-7-12(10-17)11-5-3-2-4-6-11/h2-6,9,12H,7-8,10H2,1H3. The van der Waals surface area contributed by atoms with E-state index in [-0.39, 0.29) is 5.97 Å². The maximum Gasteiger partial charge on any atom is 0.349 e. The topological polar surface area (TPSA) is 42.4 Å². The van der Waals surface area contributed by atoms with Gasteiger partial charge >= 0.3 is 5.97 Å². The highest BCUT2D eigenvalue weighted by Gasteiger charge is 2.26. The van der Waals surface area contributed by atoms with Gasteiger partial charge in [-0.3, -0.25) is 0 Å². The molecular formula is C15H16N2O2S. The lowest BCUT2D eigenvalue weighted by atomic mass is 9.99.